The molecule has 0 aromatic heterocycles. The maximum atomic E-state index is 5.42. The van der Waals surface area contributed by atoms with Crippen molar-refractivity contribution in [3.8, 4) is 0 Å². The Kier molecular flexibility index (Phi) is 2.62. The van der Waals surface area contributed by atoms with Crippen LogP contribution < -0.4 is 0 Å². The van der Waals surface area contributed by atoms with Crippen molar-refractivity contribution in [1.29, 1.82) is 0 Å². The van der Waals surface area contributed by atoms with Crippen LogP contribution in [-0.2, 0) is 9.47 Å². The molecule has 0 saturated carbocycles. The lowest BCUT2D eigenvalue weighted by atomic mass is 10.4. The van der Waals surface area contributed by atoms with Crippen LogP contribution in [0, 0.1) is 0 Å². The van der Waals surface area contributed by atoms with Gasteiger partial charge in [-0.2, -0.15) is 0 Å². The fourth-order valence-corrected chi connectivity index (χ4v) is 2.20. The lowest BCUT2D eigenvalue weighted by Crippen LogP contribution is -2.20. The Labute approximate surface area is 81.9 Å². The molecule has 0 N–H and O–H groups in total. The maximum Gasteiger partial charge on any atom is 0.165 e. The molecule has 1 rings (SSSR count). The number of halogens is 2. The number of alkyl halides is 2. The first-order valence-corrected chi connectivity index (χ1v) is 5.14. The molecule has 0 spiro atoms. The Balaban J connectivity index is 2.54. The summed E-state index contributed by atoms with van der Waals surface area (Å²) in [6.45, 7) is 3.86. The molecule has 0 aromatic carbocycles. The molecule has 9 heavy (non-hydrogen) atoms. The van der Waals surface area contributed by atoms with Crippen LogP contribution in [0.2, 0.25) is 0 Å². The Morgan fingerprint density at radius 2 is 1.44 bits per heavy atom. The standard InChI is InChI=1S/C5H8I2O2/c1-5(2)8-3(6)4(7)9-5/h3-4H,1-2H3/t3-,4-/m0/s1. The molecule has 1 saturated heterocycles. The topological polar surface area (TPSA) is 18.5 Å². The van der Waals surface area contributed by atoms with Gasteiger partial charge in [0.2, 0.25) is 0 Å². The molecule has 1 heterocycles. The van der Waals surface area contributed by atoms with Gasteiger partial charge in [-0.15, -0.1) is 0 Å². The summed E-state index contributed by atoms with van der Waals surface area (Å²) in [7, 11) is 0. The summed E-state index contributed by atoms with van der Waals surface area (Å²) in [5.41, 5.74) is 0. The van der Waals surface area contributed by atoms with Crippen molar-refractivity contribution in [1.82, 2.24) is 0 Å². The Morgan fingerprint density at radius 3 is 1.56 bits per heavy atom. The van der Waals surface area contributed by atoms with Crippen LogP contribution in [0.4, 0.5) is 0 Å². The second-order valence-electron chi connectivity index (χ2n) is 2.34. The highest BCUT2D eigenvalue weighted by Crippen LogP contribution is 2.34. The molecule has 4 heteroatoms. The summed E-state index contributed by atoms with van der Waals surface area (Å²) in [6, 6.07) is 0. The number of hydrogen-bond donors (Lipinski definition) is 0. The third-order valence-electron chi connectivity index (χ3n) is 0.999. The van der Waals surface area contributed by atoms with E-state index >= 15 is 0 Å². The first-order chi connectivity index (χ1) is 4.01. The molecule has 1 fully saturated rings. The van der Waals surface area contributed by atoms with Crippen molar-refractivity contribution in [3.05, 3.63) is 0 Å². The molecule has 1 aliphatic heterocycles. The zero-order valence-electron chi connectivity index (χ0n) is 5.23. The molecule has 2 nitrogen and oxygen atoms in total. The molecular weight excluding hydrogens is 346 g/mol. The van der Waals surface area contributed by atoms with Crippen molar-refractivity contribution in [2.24, 2.45) is 0 Å². The van der Waals surface area contributed by atoms with E-state index in [1.165, 1.54) is 0 Å². The van der Waals surface area contributed by atoms with E-state index in [1.807, 2.05) is 13.8 Å². The van der Waals surface area contributed by atoms with E-state index in [0.717, 1.165) is 0 Å². The molecule has 0 unspecified atom stereocenters. The Hall–Kier alpha value is 1.38. The van der Waals surface area contributed by atoms with E-state index in [0.29, 0.717) is 0 Å². The van der Waals surface area contributed by atoms with Gasteiger partial charge in [-0.05, 0) is 59.0 Å². The van der Waals surface area contributed by atoms with Crippen LogP contribution >= 0.6 is 45.2 Å². The smallest absolute Gasteiger partial charge is 0.165 e. The van der Waals surface area contributed by atoms with Crippen molar-refractivity contribution >= 4 is 45.2 Å². The summed E-state index contributed by atoms with van der Waals surface area (Å²) in [4.78, 5) is 0. The van der Waals surface area contributed by atoms with E-state index in [-0.39, 0.29) is 14.0 Å². The quantitative estimate of drug-likeness (QED) is 0.491. The van der Waals surface area contributed by atoms with Crippen molar-refractivity contribution in [2.45, 2.75) is 27.9 Å². The zero-order chi connectivity index (χ0) is 7.07. The SMILES string of the molecule is CC1(C)O[C@H](I)[C@@H](I)O1. The highest BCUT2D eigenvalue weighted by atomic mass is 127. The van der Waals surface area contributed by atoms with Gasteiger partial charge in [0.1, 0.15) is 8.22 Å². The van der Waals surface area contributed by atoms with Gasteiger partial charge in [0.25, 0.3) is 0 Å². The third-order valence-corrected chi connectivity index (χ3v) is 4.19. The summed E-state index contributed by atoms with van der Waals surface area (Å²) in [6.07, 6.45) is 0. The van der Waals surface area contributed by atoms with Crippen molar-refractivity contribution in [2.75, 3.05) is 0 Å². The van der Waals surface area contributed by atoms with Crippen LogP contribution in [-0.4, -0.2) is 14.0 Å². The molecule has 54 valence electrons. The number of hydrogen-bond acceptors (Lipinski definition) is 2. The van der Waals surface area contributed by atoms with Gasteiger partial charge in [-0.25, -0.2) is 0 Å². The minimum Gasteiger partial charge on any atom is -0.333 e. The molecular formula is C5H8I2O2. The van der Waals surface area contributed by atoms with Crippen LogP contribution in [0.25, 0.3) is 0 Å². The highest BCUT2D eigenvalue weighted by molar-refractivity contribution is 14.1. The predicted octanol–water partition coefficient (Wildman–Crippen LogP) is 2.29. The van der Waals surface area contributed by atoms with Gasteiger partial charge in [0, 0.05) is 0 Å². The van der Waals surface area contributed by atoms with E-state index in [4.69, 9.17) is 9.47 Å². The first-order valence-electron chi connectivity index (χ1n) is 2.65. The second-order valence-corrected chi connectivity index (χ2v) is 4.79. The van der Waals surface area contributed by atoms with Crippen LogP contribution in [0.3, 0.4) is 0 Å². The average Bonchev–Trinajstić information content (AvgIpc) is 1.79. The summed E-state index contributed by atoms with van der Waals surface area (Å²) in [5, 5.41) is 0. The largest absolute Gasteiger partial charge is 0.333 e. The van der Waals surface area contributed by atoms with Crippen LogP contribution in [0.1, 0.15) is 13.8 Å². The van der Waals surface area contributed by atoms with Crippen molar-refractivity contribution < 1.29 is 9.47 Å². The molecule has 1 aliphatic rings. The Bertz CT molecular complexity index is 104. The maximum absolute atomic E-state index is 5.42. The summed E-state index contributed by atoms with van der Waals surface area (Å²) in [5.74, 6) is -0.377. The van der Waals surface area contributed by atoms with Crippen molar-refractivity contribution in [3.63, 3.8) is 0 Å². The van der Waals surface area contributed by atoms with E-state index < -0.39 is 0 Å². The molecule has 2 atom stereocenters. The van der Waals surface area contributed by atoms with E-state index in [1.54, 1.807) is 0 Å². The van der Waals surface area contributed by atoms with Gasteiger partial charge < -0.3 is 9.47 Å². The molecule has 0 amide bonds. The van der Waals surface area contributed by atoms with Gasteiger partial charge >= 0.3 is 0 Å². The highest BCUT2D eigenvalue weighted by Gasteiger charge is 2.37. The average molecular weight is 354 g/mol. The molecule has 0 bridgehead atoms. The monoisotopic (exact) mass is 354 g/mol. The zero-order valence-corrected chi connectivity index (χ0v) is 9.54. The number of rotatable bonds is 0. The fraction of sp³-hybridized carbons (Fsp3) is 1.00. The van der Waals surface area contributed by atoms with E-state index in [2.05, 4.69) is 45.2 Å². The van der Waals surface area contributed by atoms with Gasteiger partial charge in [-0.1, -0.05) is 0 Å². The lowest BCUT2D eigenvalue weighted by Gasteiger charge is -2.14. The van der Waals surface area contributed by atoms with Gasteiger partial charge in [0.05, 0.1) is 0 Å². The van der Waals surface area contributed by atoms with Crippen LogP contribution in [0.5, 0.6) is 0 Å². The van der Waals surface area contributed by atoms with Gasteiger partial charge in [0.15, 0.2) is 5.79 Å². The Morgan fingerprint density at radius 1 is 1.11 bits per heavy atom. The van der Waals surface area contributed by atoms with Crippen LogP contribution in [0.15, 0.2) is 0 Å². The molecule has 0 aromatic rings. The normalized spacial score (nSPS) is 41.3. The minimum absolute atomic E-state index is 0.193. The van der Waals surface area contributed by atoms with E-state index in [9.17, 15) is 0 Å². The van der Waals surface area contributed by atoms with Gasteiger partial charge in [-0.3, -0.25) is 0 Å². The number of ether oxygens (including phenoxy) is 2. The second kappa shape index (κ2) is 2.78. The predicted molar refractivity (Wildman–Crippen MR) is 51.9 cm³/mol. The third kappa shape index (κ3) is 2.16. The minimum atomic E-state index is -0.377. The lowest BCUT2D eigenvalue weighted by molar-refractivity contribution is -0.129. The summed E-state index contributed by atoms with van der Waals surface area (Å²) < 4.78 is 11.2. The molecule has 0 aliphatic carbocycles. The first kappa shape index (κ1) is 8.48. The summed E-state index contributed by atoms with van der Waals surface area (Å²) >= 11 is 4.46. The fourth-order valence-electron chi connectivity index (χ4n) is 0.677. The molecule has 0 radical (unpaired) electrons.